The Morgan fingerprint density at radius 2 is 1.86 bits per heavy atom. The van der Waals surface area contributed by atoms with Gasteiger partial charge in [0.05, 0.1) is 6.54 Å². The van der Waals surface area contributed by atoms with Crippen molar-refractivity contribution in [3.63, 3.8) is 0 Å². The second-order valence-electron chi connectivity index (χ2n) is 5.95. The average molecular weight is 308 g/mol. The quantitative estimate of drug-likeness (QED) is 0.604. The van der Waals surface area contributed by atoms with Crippen LogP contribution < -0.4 is 10.6 Å². The number of halogens is 3. The van der Waals surface area contributed by atoms with E-state index in [0.717, 1.165) is 18.8 Å². The summed E-state index contributed by atoms with van der Waals surface area (Å²) in [7, 11) is 3.15. The van der Waals surface area contributed by atoms with Crippen LogP contribution in [0.4, 0.5) is 13.2 Å². The average Bonchev–Trinajstić information content (AvgIpc) is 2.38. The fraction of sp³-hybridized carbons (Fsp3) is 0.929. The highest BCUT2D eigenvalue weighted by Crippen LogP contribution is 2.23. The van der Waals surface area contributed by atoms with Gasteiger partial charge in [0.1, 0.15) is 0 Å². The maximum atomic E-state index is 12.2. The van der Waals surface area contributed by atoms with Crippen LogP contribution in [0.3, 0.4) is 0 Å². The van der Waals surface area contributed by atoms with Crippen LogP contribution in [-0.4, -0.2) is 56.8 Å². The highest BCUT2D eigenvalue weighted by molar-refractivity contribution is 5.79. The molecular weight excluding hydrogens is 281 g/mol. The summed E-state index contributed by atoms with van der Waals surface area (Å²) in [5.41, 5.74) is 0. The molecule has 0 atom stereocenters. The Labute approximate surface area is 125 Å². The van der Waals surface area contributed by atoms with E-state index in [1.807, 2.05) is 0 Å². The molecule has 0 bridgehead atoms. The van der Waals surface area contributed by atoms with Crippen molar-refractivity contribution in [2.75, 3.05) is 33.7 Å². The summed E-state index contributed by atoms with van der Waals surface area (Å²) in [4.78, 5) is 5.38. The van der Waals surface area contributed by atoms with E-state index in [-0.39, 0.29) is 0 Å². The van der Waals surface area contributed by atoms with E-state index in [1.54, 1.807) is 7.05 Å². The number of hydrogen-bond acceptors (Lipinski definition) is 2. The van der Waals surface area contributed by atoms with Crippen LogP contribution >= 0.6 is 0 Å². The van der Waals surface area contributed by atoms with Crippen molar-refractivity contribution in [3.8, 4) is 0 Å². The molecule has 0 aromatic rings. The molecule has 0 amide bonds. The second kappa shape index (κ2) is 8.46. The lowest BCUT2D eigenvalue weighted by Crippen LogP contribution is -2.47. The van der Waals surface area contributed by atoms with Crippen molar-refractivity contribution < 1.29 is 13.2 Å². The standard InChI is InChI=1S/C14H27F3N4/c1-11-4-6-12(7-5-11)20-13(18-2)19-8-9-21(3)10-14(15,16)17/h11-12H,4-10H2,1-3H3,(H2,18,19,20). The van der Waals surface area contributed by atoms with Gasteiger partial charge in [0.15, 0.2) is 5.96 Å². The monoisotopic (exact) mass is 308 g/mol. The van der Waals surface area contributed by atoms with Crippen molar-refractivity contribution >= 4 is 5.96 Å². The van der Waals surface area contributed by atoms with Crippen molar-refractivity contribution in [2.45, 2.75) is 44.8 Å². The molecule has 4 nitrogen and oxygen atoms in total. The lowest BCUT2D eigenvalue weighted by molar-refractivity contribution is -0.142. The molecular formula is C14H27F3N4. The van der Waals surface area contributed by atoms with Crippen LogP contribution in [0.1, 0.15) is 32.6 Å². The fourth-order valence-electron chi connectivity index (χ4n) is 2.54. The van der Waals surface area contributed by atoms with Crippen LogP contribution in [0.2, 0.25) is 0 Å². The van der Waals surface area contributed by atoms with Gasteiger partial charge in [0, 0.05) is 26.2 Å². The number of alkyl halides is 3. The lowest BCUT2D eigenvalue weighted by atomic mass is 9.87. The Morgan fingerprint density at radius 1 is 1.24 bits per heavy atom. The molecule has 1 rings (SSSR count). The number of rotatable bonds is 5. The van der Waals surface area contributed by atoms with Gasteiger partial charge >= 0.3 is 6.18 Å². The van der Waals surface area contributed by atoms with Gasteiger partial charge in [0.25, 0.3) is 0 Å². The number of guanidine groups is 1. The summed E-state index contributed by atoms with van der Waals surface area (Å²) >= 11 is 0. The Morgan fingerprint density at radius 3 is 2.38 bits per heavy atom. The van der Waals surface area contributed by atoms with E-state index in [0.29, 0.717) is 25.1 Å². The number of nitrogens with zero attached hydrogens (tertiary/aromatic N) is 2. The Kier molecular flexibility index (Phi) is 7.28. The third-order valence-electron chi connectivity index (χ3n) is 3.82. The molecule has 0 spiro atoms. The molecule has 0 aromatic heterocycles. The minimum atomic E-state index is -4.15. The molecule has 7 heteroatoms. The number of likely N-dealkylation sites (N-methyl/N-ethyl adjacent to an activating group) is 1. The van der Waals surface area contributed by atoms with Crippen molar-refractivity contribution in [1.82, 2.24) is 15.5 Å². The first-order chi connectivity index (χ1) is 9.80. The minimum absolute atomic E-state index is 0.321. The van der Waals surface area contributed by atoms with Crippen molar-refractivity contribution in [2.24, 2.45) is 10.9 Å². The maximum absolute atomic E-state index is 12.2. The molecule has 0 aromatic carbocycles. The number of aliphatic imine (C=N–C) groups is 1. The van der Waals surface area contributed by atoms with Gasteiger partial charge in [-0.25, -0.2) is 0 Å². The van der Waals surface area contributed by atoms with E-state index in [1.165, 1.54) is 24.8 Å². The zero-order valence-electron chi connectivity index (χ0n) is 13.1. The highest BCUT2D eigenvalue weighted by atomic mass is 19.4. The summed E-state index contributed by atoms with van der Waals surface area (Å²) in [6.07, 6.45) is 0.519. The number of hydrogen-bond donors (Lipinski definition) is 2. The highest BCUT2D eigenvalue weighted by Gasteiger charge is 2.28. The van der Waals surface area contributed by atoms with Crippen molar-refractivity contribution in [3.05, 3.63) is 0 Å². The predicted molar refractivity (Wildman–Crippen MR) is 79.5 cm³/mol. The first-order valence-corrected chi connectivity index (χ1v) is 7.52. The molecule has 1 fully saturated rings. The molecule has 0 aliphatic heterocycles. The fourth-order valence-corrected chi connectivity index (χ4v) is 2.54. The van der Waals surface area contributed by atoms with Gasteiger partial charge in [-0.2, -0.15) is 13.2 Å². The minimum Gasteiger partial charge on any atom is -0.355 e. The molecule has 124 valence electrons. The third kappa shape index (κ3) is 8.14. The molecule has 0 unspecified atom stereocenters. The summed E-state index contributed by atoms with van der Waals surface area (Å²) < 4.78 is 36.6. The zero-order valence-corrected chi connectivity index (χ0v) is 13.1. The largest absolute Gasteiger partial charge is 0.401 e. The first-order valence-electron chi connectivity index (χ1n) is 7.52. The molecule has 1 saturated carbocycles. The summed E-state index contributed by atoms with van der Waals surface area (Å²) in [6, 6.07) is 0.417. The van der Waals surface area contributed by atoms with Crippen LogP contribution in [-0.2, 0) is 0 Å². The summed E-state index contributed by atoms with van der Waals surface area (Å²) in [6.45, 7) is 2.14. The molecule has 1 aliphatic rings. The van der Waals surface area contributed by atoms with Crippen LogP contribution in [0.25, 0.3) is 0 Å². The first kappa shape index (κ1) is 18.1. The van der Waals surface area contributed by atoms with Crippen LogP contribution in [0.15, 0.2) is 4.99 Å². The van der Waals surface area contributed by atoms with Gasteiger partial charge in [-0.1, -0.05) is 6.92 Å². The SMILES string of the molecule is CN=C(NCCN(C)CC(F)(F)F)NC1CCC(C)CC1. The van der Waals surface area contributed by atoms with Gasteiger partial charge in [-0.05, 0) is 38.6 Å². The van der Waals surface area contributed by atoms with Gasteiger partial charge < -0.3 is 10.6 Å². The van der Waals surface area contributed by atoms with E-state index in [4.69, 9.17) is 0 Å². The van der Waals surface area contributed by atoms with Gasteiger partial charge in [0.2, 0.25) is 0 Å². The predicted octanol–water partition coefficient (Wildman–Crippen LogP) is 2.22. The maximum Gasteiger partial charge on any atom is 0.401 e. The van der Waals surface area contributed by atoms with Gasteiger partial charge in [-0.15, -0.1) is 0 Å². The smallest absolute Gasteiger partial charge is 0.355 e. The topological polar surface area (TPSA) is 39.7 Å². The normalized spacial score (nSPS) is 24.2. The van der Waals surface area contributed by atoms with E-state index < -0.39 is 12.7 Å². The zero-order chi connectivity index (χ0) is 15.9. The Bertz CT molecular complexity index is 323. The Balaban J connectivity index is 2.22. The van der Waals surface area contributed by atoms with E-state index in [9.17, 15) is 13.2 Å². The molecule has 0 heterocycles. The summed E-state index contributed by atoms with van der Waals surface area (Å²) in [5, 5.41) is 6.42. The molecule has 1 aliphatic carbocycles. The molecule has 2 N–H and O–H groups in total. The second-order valence-corrected chi connectivity index (χ2v) is 5.95. The van der Waals surface area contributed by atoms with Gasteiger partial charge in [-0.3, -0.25) is 9.89 Å². The number of nitrogens with one attached hydrogen (secondary N) is 2. The Hall–Kier alpha value is -0.980. The van der Waals surface area contributed by atoms with E-state index in [2.05, 4.69) is 22.5 Å². The van der Waals surface area contributed by atoms with Crippen LogP contribution in [0, 0.1) is 5.92 Å². The van der Waals surface area contributed by atoms with Crippen LogP contribution in [0.5, 0.6) is 0 Å². The summed E-state index contributed by atoms with van der Waals surface area (Å²) in [5.74, 6) is 1.46. The molecule has 0 radical (unpaired) electrons. The van der Waals surface area contributed by atoms with E-state index >= 15 is 0 Å². The third-order valence-corrected chi connectivity index (χ3v) is 3.82. The molecule has 21 heavy (non-hydrogen) atoms. The lowest BCUT2D eigenvalue weighted by Gasteiger charge is -2.28. The molecule has 0 saturated heterocycles. The van der Waals surface area contributed by atoms with Crippen molar-refractivity contribution in [1.29, 1.82) is 0 Å².